The van der Waals surface area contributed by atoms with Gasteiger partial charge in [-0.1, -0.05) is 23.2 Å². The summed E-state index contributed by atoms with van der Waals surface area (Å²) in [6, 6.07) is 9.62. The number of Topliss-reactive ketones (excluding diaryl/α,β-unsaturated/α-hetero) is 1. The highest BCUT2D eigenvalue weighted by Gasteiger charge is 2.22. The molecule has 0 aromatic heterocycles. The Labute approximate surface area is 148 Å². The van der Waals surface area contributed by atoms with Crippen molar-refractivity contribution in [1.82, 2.24) is 0 Å². The molecule has 0 spiro atoms. The molecule has 24 heavy (non-hydrogen) atoms. The number of hydrogen-bond acceptors (Lipinski definition) is 4. The van der Waals surface area contributed by atoms with Gasteiger partial charge in [0.1, 0.15) is 11.5 Å². The molecule has 1 aliphatic heterocycles. The number of anilines is 1. The Bertz CT molecular complexity index is 822. The molecule has 1 unspecified atom stereocenters. The SMILES string of the molecule is CC(Oc1ccc(Cl)cc1Cl)C(=O)c1ccc2c(c1)NC(=O)CO2. The zero-order valence-corrected chi connectivity index (χ0v) is 14.1. The fourth-order valence-corrected chi connectivity index (χ4v) is 2.74. The zero-order chi connectivity index (χ0) is 17.3. The van der Waals surface area contributed by atoms with Crippen LogP contribution in [0.4, 0.5) is 5.69 Å². The highest BCUT2D eigenvalue weighted by Crippen LogP contribution is 2.31. The van der Waals surface area contributed by atoms with Crippen LogP contribution in [0.3, 0.4) is 0 Å². The van der Waals surface area contributed by atoms with E-state index in [0.717, 1.165) is 0 Å². The van der Waals surface area contributed by atoms with E-state index in [4.69, 9.17) is 32.7 Å². The predicted molar refractivity (Wildman–Crippen MR) is 91.4 cm³/mol. The first-order valence-corrected chi connectivity index (χ1v) is 7.92. The average Bonchev–Trinajstić information content (AvgIpc) is 2.56. The van der Waals surface area contributed by atoms with Gasteiger partial charge in [0.05, 0.1) is 10.7 Å². The summed E-state index contributed by atoms with van der Waals surface area (Å²) in [6.07, 6.45) is -0.762. The van der Waals surface area contributed by atoms with Gasteiger partial charge in [-0.25, -0.2) is 0 Å². The second-order valence-electron chi connectivity index (χ2n) is 5.25. The first kappa shape index (κ1) is 16.6. The maximum absolute atomic E-state index is 12.5. The van der Waals surface area contributed by atoms with Crippen molar-refractivity contribution < 1.29 is 19.1 Å². The molecule has 5 nitrogen and oxygen atoms in total. The Morgan fingerprint density at radius 3 is 2.79 bits per heavy atom. The Morgan fingerprint density at radius 1 is 1.25 bits per heavy atom. The van der Waals surface area contributed by atoms with E-state index in [2.05, 4.69) is 5.32 Å². The number of ether oxygens (including phenoxy) is 2. The van der Waals surface area contributed by atoms with E-state index >= 15 is 0 Å². The molecule has 1 heterocycles. The minimum Gasteiger partial charge on any atom is -0.482 e. The van der Waals surface area contributed by atoms with Gasteiger partial charge in [0, 0.05) is 10.6 Å². The third-order valence-corrected chi connectivity index (χ3v) is 3.99. The number of rotatable bonds is 4. The molecule has 2 aromatic rings. The van der Waals surface area contributed by atoms with E-state index < -0.39 is 6.10 Å². The monoisotopic (exact) mass is 365 g/mol. The van der Waals surface area contributed by atoms with E-state index in [-0.39, 0.29) is 18.3 Å². The largest absolute Gasteiger partial charge is 0.482 e. The third-order valence-electron chi connectivity index (χ3n) is 3.46. The van der Waals surface area contributed by atoms with Gasteiger partial charge < -0.3 is 14.8 Å². The first-order chi connectivity index (χ1) is 11.4. The molecule has 124 valence electrons. The number of carbonyl (C=O) groups is 2. The summed E-state index contributed by atoms with van der Waals surface area (Å²) in [6.45, 7) is 1.59. The summed E-state index contributed by atoms with van der Waals surface area (Å²) in [5.41, 5.74) is 0.867. The van der Waals surface area contributed by atoms with Gasteiger partial charge in [-0.3, -0.25) is 9.59 Å². The molecule has 3 rings (SSSR count). The minimum atomic E-state index is -0.762. The molecule has 0 bridgehead atoms. The van der Waals surface area contributed by atoms with E-state index in [1.54, 1.807) is 43.3 Å². The lowest BCUT2D eigenvalue weighted by molar-refractivity contribution is -0.118. The highest BCUT2D eigenvalue weighted by atomic mass is 35.5. The second-order valence-corrected chi connectivity index (χ2v) is 6.09. The van der Waals surface area contributed by atoms with Gasteiger partial charge in [0.2, 0.25) is 5.78 Å². The Hall–Kier alpha value is -2.24. The van der Waals surface area contributed by atoms with Crippen molar-refractivity contribution in [1.29, 1.82) is 0 Å². The van der Waals surface area contributed by atoms with E-state index in [1.807, 2.05) is 0 Å². The van der Waals surface area contributed by atoms with Crippen LogP contribution in [0.25, 0.3) is 0 Å². The van der Waals surface area contributed by atoms with Crippen molar-refractivity contribution in [3.63, 3.8) is 0 Å². The molecule has 1 N–H and O–H groups in total. The van der Waals surface area contributed by atoms with Crippen LogP contribution in [0.2, 0.25) is 10.0 Å². The number of amides is 1. The number of benzene rings is 2. The molecule has 7 heteroatoms. The average molecular weight is 366 g/mol. The van der Waals surface area contributed by atoms with E-state index in [0.29, 0.717) is 32.8 Å². The van der Waals surface area contributed by atoms with Crippen molar-refractivity contribution in [3.8, 4) is 11.5 Å². The molecule has 0 saturated carbocycles. The standard InChI is InChI=1S/C17H13Cl2NO4/c1-9(24-14-5-3-11(18)7-12(14)19)17(22)10-2-4-15-13(6-10)20-16(21)8-23-15/h2-7,9H,8H2,1H3,(H,20,21). The molecule has 1 amide bonds. The van der Waals surface area contributed by atoms with Crippen molar-refractivity contribution in [3.05, 3.63) is 52.0 Å². The molecule has 0 saturated heterocycles. The number of carbonyl (C=O) groups excluding carboxylic acids is 2. The van der Waals surface area contributed by atoms with Crippen LogP contribution < -0.4 is 14.8 Å². The first-order valence-electron chi connectivity index (χ1n) is 7.16. The third kappa shape index (κ3) is 3.47. The molecule has 0 fully saturated rings. The maximum Gasteiger partial charge on any atom is 0.262 e. The summed E-state index contributed by atoms with van der Waals surface area (Å²) >= 11 is 11.9. The molecule has 0 aliphatic carbocycles. The molecular weight excluding hydrogens is 353 g/mol. The zero-order valence-electron chi connectivity index (χ0n) is 12.6. The number of hydrogen-bond donors (Lipinski definition) is 1. The van der Waals surface area contributed by atoms with Crippen LogP contribution >= 0.6 is 23.2 Å². The summed E-state index contributed by atoms with van der Waals surface area (Å²) in [5.74, 6) is 0.393. The Balaban J connectivity index is 1.78. The van der Waals surface area contributed by atoms with Gasteiger partial charge in [0.15, 0.2) is 12.7 Å². The van der Waals surface area contributed by atoms with Gasteiger partial charge in [-0.15, -0.1) is 0 Å². The minimum absolute atomic E-state index is 0.0329. The normalized spacial score (nSPS) is 14.2. The summed E-state index contributed by atoms with van der Waals surface area (Å²) < 4.78 is 10.9. The number of halogens is 2. The number of ketones is 1. The van der Waals surface area contributed by atoms with E-state index in [9.17, 15) is 9.59 Å². The molecule has 2 aromatic carbocycles. The fourth-order valence-electron chi connectivity index (χ4n) is 2.29. The Morgan fingerprint density at radius 2 is 2.04 bits per heavy atom. The van der Waals surface area contributed by atoms with Crippen LogP contribution in [-0.4, -0.2) is 24.4 Å². The molecular formula is C17H13Cl2NO4. The van der Waals surface area contributed by atoms with Gasteiger partial charge >= 0.3 is 0 Å². The van der Waals surface area contributed by atoms with Crippen LogP contribution in [0.5, 0.6) is 11.5 Å². The van der Waals surface area contributed by atoms with Crippen LogP contribution in [0.1, 0.15) is 17.3 Å². The molecule has 1 aliphatic rings. The van der Waals surface area contributed by atoms with Crippen LogP contribution in [0.15, 0.2) is 36.4 Å². The summed E-state index contributed by atoms with van der Waals surface area (Å²) in [5, 5.41) is 3.48. The molecule has 0 radical (unpaired) electrons. The second kappa shape index (κ2) is 6.71. The van der Waals surface area contributed by atoms with Crippen molar-refractivity contribution in [2.75, 3.05) is 11.9 Å². The Kier molecular flexibility index (Phi) is 4.64. The smallest absolute Gasteiger partial charge is 0.262 e. The quantitative estimate of drug-likeness (QED) is 0.832. The predicted octanol–water partition coefficient (Wildman–Crippen LogP) is 3.97. The lowest BCUT2D eigenvalue weighted by atomic mass is 10.1. The number of fused-ring (bicyclic) bond motifs is 1. The van der Waals surface area contributed by atoms with Crippen LogP contribution in [-0.2, 0) is 4.79 Å². The molecule has 1 atom stereocenters. The van der Waals surface area contributed by atoms with Crippen molar-refractivity contribution in [2.45, 2.75) is 13.0 Å². The highest BCUT2D eigenvalue weighted by molar-refractivity contribution is 6.35. The fraction of sp³-hybridized carbons (Fsp3) is 0.176. The van der Waals surface area contributed by atoms with Crippen LogP contribution in [0, 0.1) is 0 Å². The van der Waals surface area contributed by atoms with Crippen molar-refractivity contribution >= 4 is 40.6 Å². The van der Waals surface area contributed by atoms with Gasteiger partial charge in [-0.05, 0) is 43.3 Å². The van der Waals surface area contributed by atoms with Crippen molar-refractivity contribution in [2.24, 2.45) is 0 Å². The van der Waals surface area contributed by atoms with E-state index in [1.165, 1.54) is 0 Å². The number of nitrogens with one attached hydrogen (secondary N) is 1. The van der Waals surface area contributed by atoms with Gasteiger partial charge in [-0.2, -0.15) is 0 Å². The summed E-state index contributed by atoms with van der Waals surface area (Å²) in [4.78, 5) is 23.9. The summed E-state index contributed by atoms with van der Waals surface area (Å²) in [7, 11) is 0. The van der Waals surface area contributed by atoms with Gasteiger partial charge in [0.25, 0.3) is 5.91 Å². The maximum atomic E-state index is 12.5. The topological polar surface area (TPSA) is 64.6 Å². The lowest BCUT2D eigenvalue weighted by Gasteiger charge is -2.19. The lowest BCUT2D eigenvalue weighted by Crippen LogP contribution is -2.27.